The molecule has 0 bridgehead atoms. The maximum Gasteiger partial charge on any atom is 0.136 e. The van der Waals surface area contributed by atoms with Gasteiger partial charge in [0.1, 0.15) is 5.82 Å². The van der Waals surface area contributed by atoms with E-state index in [2.05, 4.69) is 28.1 Å². The molecular weight excluding hydrogens is 444 g/mol. The molecule has 0 fully saturated rings. The molecule has 1 aliphatic heterocycles. The molecule has 1 aliphatic rings. The first kappa shape index (κ1) is 22.1. The average Bonchev–Trinajstić information content (AvgIpc) is 2.88. The van der Waals surface area contributed by atoms with Crippen LogP contribution in [0.1, 0.15) is 28.2 Å². The van der Waals surface area contributed by atoms with Crippen LogP contribution in [-0.4, -0.2) is 31.4 Å². The number of pyridine rings is 2. The topological polar surface area (TPSA) is 93.3 Å². The van der Waals surface area contributed by atoms with Crippen LogP contribution in [0.3, 0.4) is 0 Å². The van der Waals surface area contributed by atoms with E-state index in [1.807, 2.05) is 60.8 Å². The molecule has 2 aromatic heterocycles. The molecule has 1 unspecified atom stereocenters. The van der Waals surface area contributed by atoms with Crippen molar-refractivity contribution in [3.05, 3.63) is 114 Å². The zero-order valence-corrected chi connectivity index (χ0v) is 19.3. The maximum atomic E-state index is 10.6. The molecule has 4 aromatic rings. The van der Waals surface area contributed by atoms with Gasteiger partial charge in [-0.25, -0.2) is 4.98 Å². The second kappa shape index (κ2) is 9.27. The number of para-hydroxylation sites is 1. The van der Waals surface area contributed by atoms with Crippen LogP contribution in [0.5, 0.6) is 0 Å². The fraction of sp³-hybridized carbons (Fsp3) is 0.148. The fourth-order valence-corrected chi connectivity index (χ4v) is 5.95. The van der Waals surface area contributed by atoms with E-state index < -0.39 is 10.6 Å². The summed E-state index contributed by atoms with van der Waals surface area (Å²) in [5, 5.41) is 9.21. The Bertz CT molecular complexity index is 1340. The minimum atomic E-state index is -2.82. The number of nitrogens with zero attached hydrogens (tertiary/aromatic N) is 4. The lowest BCUT2D eigenvalue weighted by atomic mass is 9.86. The molecule has 34 heavy (non-hydrogen) atoms. The summed E-state index contributed by atoms with van der Waals surface area (Å²) in [6.45, 7) is 0.470. The molecule has 0 radical (unpaired) electrons. The minimum Gasteiger partial charge on any atom is -0.323 e. The number of nitriles is 1. The first-order valence-corrected chi connectivity index (χ1v) is 12.7. The van der Waals surface area contributed by atoms with E-state index in [-0.39, 0.29) is 11.7 Å². The van der Waals surface area contributed by atoms with Crippen molar-refractivity contribution in [3.8, 4) is 6.07 Å². The minimum absolute atomic E-state index is 0.0184. The molecule has 0 amide bonds. The van der Waals surface area contributed by atoms with Crippen molar-refractivity contribution in [1.82, 2.24) is 9.97 Å². The van der Waals surface area contributed by atoms with E-state index >= 15 is 0 Å². The number of rotatable bonds is 5. The highest BCUT2D eigenvalue weighted by molar-refractivity contribution is 8.24. The van der Waals surface area contributed by atoms with Crippen LogP contribution in [0.2, 0.25) is 0 Å². The van der Waals surface area contributed by atoms with Gasteiger partial charge in [-0.1, -0.05) is 36.4 Å². The Balaban J connectivity index is 1.56. The molecule has 0 saturated heterocycles. The van der Waals surface area contributed by atoms with E-state index in [0.29, 0.717) is 23.4 Å². The maximum absolute atomic E-state index is 10.6. The Morgan fingerprint density at radius 1 is 0.941 bits per heavy atom. The molecule has 0 spiro atoms. The Morgan fingerprint density at radius 2 is 1.74 bits per heavy atom. The monoisotopic (exact) mass is 468 g/mol. The van der Waals surface area contributed by atoms with Gasteiger partial charge in [0, 0.05) is 31.1 Å². The summed E-state index contributed by atoms with van der Waals surface area (Å²) in [5.41, 5.74) is 4.63. The van der Waals surface area contributed by atoms with Crippen molar-refractivity contribution in [1.29, 1.82) is 5.26 Å². The summed E-state index contributed by atoms with van der Waals surface area (Å²) in [6.07, 6.45) is 6.09. The third-order valence-corrected chi connectivity index (χ3v) is 7.99. The van der Waals surface area contributed by atoms with E-state index in [1.165, 1.54) is 0 Å². The van der Waals surface area contributed by atoms with Gasteiger partial charge >= 0.3 is 0 Å². The van der Waals surface area contributed by atoms with Gasteiger partial charge in [-0.3, -0.25) is 14.1 Å². The number of benzene rings is 2. The SMILES string of the molecule is N#Cc1ccc(C(Cc2cccnc2N2CCS(O)(O)c3ccccc32)c2cccnc2)cc1. The summed E-state index contributed by atoms with van der Waals surface area (Å²) in [4.78, 5) is 11.7. The van der Waals surface area contributed by atoms with Gasteiger partial charge in [0.15, 0.2) is 0 Å². The molecule has 2 N–H and O–H groups in total. The van der Waals surface area contributed by atoms with Gasteiger partial charge in [-0.15, -0.1) is 0 Å². The Kier molecular flexibility index (Phi) is 6.03. The molecule has 0 saturated carbocycles. The van der Waals surface area contributed by atoms with Gasteiger partial charge in [0.25, 0.3) is 0 Å². The highest BCUT2D eigenvalue weighted by Gasteiger charge is 2.31. The normalized spacial score (nSPS) is 16.2. The van der Waals surface area contributed by atoms with E-state index in [4.69, 9.17) is 4.98 Å². The van der Waals surface area contributed by atoms with Crippen LogP contribution in [0.15, 0.2) is 96.3 Å². The van der Waals surface area contributed by atoms with Crippen LogP contribution in [0, 0.1) is 11.3 Å². The predicted molar refractivity (Wildman–Crippen MR) is 135 cm³/mol. The Labute approximate surface area is 200 Å². The fourth-order valence-electron chi connectivity index (χ4n) is 4.48. The summed E-state index contributed by atoms with van der Waals surface area (Å²) in [5.74, 6) is 1.10. The number of aromatic nitrogens is 2. The lowest BCUT2D eigenvalue weighted by Gasteiger charge is -2.43. The van der Waals surface area contributed by atoms with E-state index in [9.17, 15) is 14.4 Å². The number of hydrogen-bond donors (Lipinski definition) is 2. The second-order valence-corrected chi connectivity index (χ2v) is 10.4. The molecule has 3 heterocycles. The zero-order chi connectivity index (χ0) is 23.5. The van der Waals surface area contributed by atoms with Crippen molar-refractivity contribution < 1.29 is 9.11 Å². The Morgan fingerprint density at radius 3 is 2.50 bits per heavy atom. The smallest absolute Gasteiger partial charge is 0.136 e. The van der Waals surface area contributed by atoms with Crippen LogP contribution >= 0.6 is 10.6 Å². The summed E-state index contributed by atoms with van der Waals surface area (Å²) in [6, 6.07) is 25.3. The lowest BCUT2D eigenvalue weighted by molar-refractivity contribution is 0.483. The first-order chi connectivity index (χ1) is 16.6. The molecule has 0 aliphatic carbocycles. The molecule has 5 rings (SSSR count). The lowest BCUT2D eigenvalue weighted by Crippen LogP contribution is -2.31. The van der Waals surface area contributed by atoms with Gasteiger partial charge in [0.05, 0.1) is 28.0 Å². The van der Waals surface area contributed by atoms with E-state index in [1.54, 1.807) is 18.5 Å². The standard InChI is InChI=1S/C27H24N4O2S/c28-18-20-9-11-21(12-10-20)24(23-6-3-13-29-19-23)17-22-5-4-14-30-27(22)31-15-16-34(32,33)26-8-2-1-7-25(26)31/h1-14,19,24,32-33H,15-17H2. The second-order valence-electron chi connectivity index (χ2n) is 8.25. The van der Waals surface area contributed by atoms with Gasteiger partial charge < -0.3 is 4.90 Å². The highest BCUT2D eigenvalue weighted by Crippen LogP contribution is 2.56. The quantitative estimate of drug-likeness (QED) is 0.374. The summed E-state index contributed by atoms with van der Waals surface area (Å²) < 4.78 is 21.2. The summed E-state index contributed by atoms with van der Waals surface area (Å²) in [7, 11) is -2.82. The van der Waals surface area contributed by atoms with Crippen molar-refractivity contribution in [3.63, 3.8) is 0 Å². The van der Waals surface area contributed by atoms with Crippen molar-refractivity contribution in [2.75, 3.05) is 17.2 Å². The van der Waals surface area contributed by atoms with Gasteiger partial charge in [0.2, 0.25) is 0 Å². The Hall–Kier alpha value is -3.70. The van der Waals surface area contributed by atoms with E-state index in [0.717, 1.165) is 28.2 Å². The molecular formula is C27H24N4O2S. The third kappa shape index (κ3) is 4.27. The van der Waals surface area contributed by atoms with Gasteiger partial charge in [-0.05, 0) is 59.5 Å². The van der Waals surface area contributed by atoms with Gasteiger partial charge in [-0.2, -0.15) is 15.9 Å². The third-order valence-electron chi connectivity index (χ3n) is 6.18. The van der Waals surface area contributed by atoms with Crippen molar-refractivity contribution in [2.24, 2.45) is 0 Å². The van der Waals surface area contributed by atoms with Crippen LogP contribution in [-0.2, 0) is 6.42 Å². The van der Waals surface area contributed by atoms with Crippen molar-refractivity contribution >= 4 is 22.1 Å². The number of hydrogen-bond acceptors (Lipinski definition) is 6. The average molecular weight is 469 g/mol. The van der Waals surface area contributed by atoms with Crippen LogP contribution in [0.4, 0.5) is 11.5 Å². The molecule has 7 heteroatoms. The largest absolute Gasteiger partial charge is 0.323 e. The number of anilines is 2. The van der Waals surface area contributed by atoms with Crippen LogP contribution in [0.25, 0.3) is 0 Å². The molecule has 1 atom stereocenters. The van der Waals surface area contributed by atoms with Crippen LogP contribution < -0.4 is 4.90 Å². The molecule has 170 valence electrons. The summed E-state index contributed by atoms with van der Waals surface area (Å²) >= 11 is 0. The number of fused-ring (bicyclic) bond motifs is 1. The zero-order valence-electron chi connectivity index (χ0n) is 18.5. The highest BCUT2D eigenvalue weighted by atomic mass is 32.3. The first-order valence-electron chi connectivity index (χ1n) is 11.0. The van der Waals surface area contributed by atoms with Crippen molar-refractivity contribution in [2.45, 2.75) is 17.2 Å². The predicted octanol–water partition coefficient (Wildman–Crippen LogP) is 5.98. The molecule has 6 nitrogen and oxygen atoms in total. The molecule has 2 aromatic carbocycles.